The van der Waals surface area contributed by atoms with E-state index in [9.17, 15) is 4.79 Å². The highest BCUT2D eigenvalue weighted by atomic mass is 16.1. The molecule has 0 aliphatic heterocycles. The molecular formula is C7H14N4O. The van der Waals surface area contributed by atoms with Crippen LogP contribution >= 0.6 is 0 Å². The molecule has 0 aromatic rings. The van der Waals surface area contributed by atoms with Crippen LogP contribution in [-0.2, 0) is 4.79 Å². The minimum absolute atomic E-state index is 0.149. The normalized spacial score (nSPS) is 14.4. The molecule has 68 valence electrons. The number of hydrogen-bond acceptors (Lipinski definition) is 5. The maximum atomic E-state index is 10.3. The fourth-order valence-electron chi connectivity index (χ4n) is 0.767. The van der Waals surface area contributed by atoms with Crippen molar-refractivity contribution >= 4 is 13.0 Å². The van der Waals surface area contributed by atoms with Crippen LogP contribution in [-0.4, -0.2) is 25.1 Å². The number of hydrogen-bond donors (Lipinski definition) is 3. The molecule has 0 aliphatic rings. The standard InChI is InChI=1S/C7H14N4O/c1-11-6(4-12)2-5(8)3-7(9)10/h3-6H,1-2,8-10H2. The maximum Gasteiger partial charge on any atom is 0.144 e. The summed E-state index contributed by atoms with van der Waals surface area (Å²) >= 11 is 0. The Morgan fingerprint density at radius 2 is 2.17 bits per heavy atom. The van der Waals surface area contributed by atoms with Gasteiger partial charge in [-0.15, -0.1) is 0 Å². The summed E-state index contributed by atoms with van der Waals surface area (Å²) in [5.41, 5.74) is 15.9. The summed E-state index contributed by atoms with van der Waals surface area (Å²) in [5.74, 6) is 0.149. The SMILES string of the molecule is C=NC(C=O)CC(N)C=C(N)N. The highest BCUT2D eigenvalue weighted by Gasteiger charge is 2.08. The Morgan fingerprint density at radius 1 is 1.58 bits per heavy atom. The van der Waals surface area contributed by atoms with E-state index in [-0.39, 0.29) is 11.9 Å². The predicted molar refractivity (Wildman–Crippen MR) is 48.5 cm³/mol. The van der Waals surface area contributed by atoms with E-state index in [2.05, 4.69) is 11.7 Å². The van der Waals surface area contributed by atoms with Gasteiger partial charge in [0.2, 0.25) is 0 Å². The summed E-state index contributed by atoms with van der Waals surface area (Å²) in [4.78, 5) is 13.8. The van der Waals surface area contributed by atoms with Crippen LogP contribution in [0.3, 0.4) is 0 Å². The van der Waals surface area contributed by atoms with Crippen LogP contribution < -0.4 is 17.2 Å². The number of rotatable bonds is 5. The van der Waals surface area contributed by atoms with Gasteiger partial charge in [0, 0.05) is 6.04 Å². The van der Waals surface area contributed by atoms with Gasteiger partial charge >= 0.3 is 0 Å². The Bertz CT molecular complexity index is 178. The monoisotopic (exact) mass is 170 g/mol. The molecule has 0 aromatic carbocycles. The van der Waals surface area contributed by atoms with Gasteiger partial charge in [-0.3, -0.25) is 4.99 Å². The second-order valence-corrected chi connectivity index (χ2v) is 2.45. The first-order valence-electron chi connectivity index (χ1n) is 3.49. The molecule has 0 fully saturated rings. The van der Waals surface area contributed by atoms with Crippen LogP contribution in [0.25, 0.3) is 0 Å². The van der Waals surface area contributed by atoms with Gasteiger partial charge in [0.15, 0.2) is 0 Å². The molecule has 0 bridgehead atoms. The zero-order chi connectivity index (χ0) is 9.56. The van der Waals surface area contributed by atoms with Crippen molar-refractivity contribution < 1.29 is 4.79 Å². The van der Waals surface area contributed by atoms with Gasteiger partial charge in [-0.2, -0.15) is 0 Å². The van der Waals surface area contributed by atoms with E-state index in [4.69, 9.17) is 17.2 Å². The second kappa shape index (κ2) is 5.31. The quantitative estimate of drug-likeness (QED) is 0.353. The Labute approximate surface area is 71.3 Å². The number of carbonyl (C=O) groups excluding carboxylic acids is 1. The van der Waals surface area contributed by atoms with Crippen molar-refractivity contribution in [3.8, 4) is 0 Å². The third-order valence-corrected chi connectivity index (χ3v) is 1.31. The molecule has 0 aliphatic carbocycles. The van der Waals surface area contributed by atoms with Crippen LogP contribution in [0.4, 0.5) is 0 Å². The Hall–Kier alpha value is -1.36. The molecule has 6 N–H and O–H groups in total. The predicted octanol–water partition coefficient (Wildman–Crippen LogP) is -1.27. The van der Waals surface area contributed by atoms with Crippen LogP contribution in [0.15, 0.2) is 16.9 Å². The summed E-state index contributed by atoms with van der Waals surface area (Å²) < 4.78 is 0. The molecule has 0 saturated heterocycles. The van der Waals surface area contributed by atoms with Gasteiger partial charge in [0.1, 0.15) is 12.3 Å². The number of aldehydes is 1. The van der Waals surface area contributed by atoms with E-state index in [1.165, 1.54) is 6.08 Å². The lowest BCUT2D eigenvalue weighted by molar-refractivity contribution is -0.108. The van der Waals surface area contributed by atoms with Crippen molar-refractivity contribution in [3.05, 3.63) is 11.9 Å². The largest absolute Gasteiger partial charge is 0.386 e. The number of carbonyl (C=O) groups is 1. The van der Waals surface area contributed by atoms with E-state index < -0.39 is 6.04 Å². The van der Waals surface area contributed by atoms with E-state index in [0.29, 0.717) is 12.7 Å². The lowest BCUT2D eigenvalue weighted by Crippen LogP contribution is -2.26. The fraction of sp³-hybridized carbons (Fsp3) is 0.429. The zero-order valence-corrected chi connectivity index (χ0v) is 6.81. The van der Waals surface area contributed by atoms with Gasteiger partial charge in [-0.25, -0.2) is 0 Å². The van der Waals surface area contributed by atoms with Crippen molar-refractivity contribution in [2.45, 2.75) is 18.5 Å². The van der Waals surface area contributed by atoms with Gasteiger partial charge in [0.25, 0.3) is 0 Å². The maximum absolute atomic E-state index is 10.3. The first kappa shape index (κ1) is 10.6. The summed E-state index contributed by atoms with van der Waals surface area (Å²) in [7, 11) is 0. The Morgan fingerprint density at radius 3 is 2.50 bits per heavy atom. The van der Waals surface area contributed by atoms with Crippen molar-refractivity contribution in [2.75, 3.05) is 0 Å². The summed E-state index contributed by atoms with van der Waals surface area (Å²) in [6, 6.07) is -0.828. The van der Waals surface area contributed by atoms with Crippen molar-refractivity contribution in [1.82, 2.24) is 0 Å². The molecular weight excluding hydrogens is 156 g/mol. The Kier molecular flexibility index (Phi) is 4.71. The minimum atomic E-state index is -0.476. The van der Waals surface area contributed by atoms with Gasteiger partial charge in [-0.05, 0) is 19.2 Å². The first-order chi connectivity index (χ1) is 5.60. The zero-order valence-electron chi connectivity index (χ0n) is 6.81. The first-order valence-corrected chi connectivity index (χ1v) is 3.49. The van der Waals surface area contributed by atoms with Crippen LogP contribution in [0.5, 0.6) is 0 Å². The van der Waals surface area contributed by atoms with Gasteiger partial charge < -0.3 is 22.0 Å². The van der Waals surface area contributed by atoms with Gasteiger partial charge in [0.05, 0.1) is 5.82 Å². The van der Waals surface area contributed by atoms with E-state index in [1.807, 2.05) is 0 Å². The van der Waals surface area contributed by atoms with E-state index >= 15 is 0 Å². The topological polar surface area (TPSA) is 107 Å². The summed E-state index contributed by atoms with van der Waals surface area (Å²) in [6.45, 7) is 3.24. The lowest BCUT2D eigenvalue weighted by atomic mass is 10.1. The average Bonchev–Trinajstić information content (AvgIpc) is 1.98. The second-order valence-electron chi connectivity index (χ2n) is 2.45. The molecule has 12 heavy (non-hydrogen) atoms. The third kappa shape index (κ3) is 4.45. The average molecular weight is 170 g/mol. The molecule has 0 aromatic heterocycles. The third-order valence-electron chi connectivity index (χ3n) is 1.31. The number of nitrogens with zero attached hydrogens (tertiary/aromatic N) is 1. The molecule has 0 rings (SSSR count). The van der Waals surface area contributed by atoms with Crippen LogP contribution in [0.1, 0.15) is 6.42 Å². The van der Waals surface area contributed by atoms with E-state index in [1.54, 1.807) is 0 Å². The van der Waals surface area contributed by atoms with Crippen molar-refractivity contribution in [3.63, 3.8) is 0 Å². The van der Waals surface area contributed by atoms with Crippen molar-refractivity contribution in [1.29, 1.82) is 0 Å². The van der Waals surface area contributed by atoms with E-state index in [0.717, 1.165) is 0 Å². The number of aliphatic imine (C=N–C) groups is 1. The molecule has 0 radical (unpaired) electrons. The van der Waals surface area contributed by atoms with Gasteiger partial charge in [-0.1, -0.05) is 0 Å². The van der Waals surface area contributed by atoms with Crippen molar-refractivity contribution in [2.24, 2.45) is 22.2 Å². The minimum Gasteiger partial charge on any atom is -0.386 e. The molecule has 5 nitrogen and oxygen atoms in total. The fourth-order valence-corrected chi connectivity index (χ4v) is 0.767. The van der Waals surface area contributed by atoms with Crippen LogP contribution in [0.2, 0.25) is 0 Å². The smallest absolute Gasteiger partial charge is 0.144 e. The molecule has 0 saturated carbocycles. The molecule has 2 atom stereocenters. The summed E-state index contributed by atoms with van der Waals surface area (Å²) in [6.07, 6.45) is 2.54. The van der Waals surface area contributed by atoms with Crippen LogP contribution in [0, 0.1) is 0 Å². The molecule has 0 spiro atoms. The highest BCUT2D eigenvalue weighted by molar-refractivity contribution is 5.59. The lowest BCUT2D eigenvalue weighted by Gasteiger charge is -2.08. The Balaban J connectivity index is 3.97. The molecule has 0 amide bonds. The highest BCUT2D eigenvalue weighted by Crippen LogP contribution is 1.98. The number of nitrogens with two attached hydrogens (primary N) is 3. The molecule has 2 unspecified atom stereocenters. The summed E-state index contributed by atoms with van der Waals surface area (Å²) in [5, 5.41) is 0. The molecule has 0 heterocycles. The molecule has 5 heteroatoms.